The zero-order chi connectivity index (χ0) is 19.3. The number of hydrogen-bond acceptors (Lipinski definition) is 5. The van der Waals surface area contributed by atoms with Crippen molar-refractivity contribution in [3.05, 3.63) is 81.5 Å². The van der Waals surface area contributed by atoms with Gasteiger partial charge in [-0.15, -0.1) is 0 Å². The second-order valence-corrected chi connectivity index (χ2v) is 7.94. The predicted octanol–water partition coefficient (Wildman–Crippen LogP) is 4.56. The first-order valence-electron chi connectivity index (χ1n) is 9.54. The van der Waals surface area contributed by atoms with Crippen molar-refractivity contribution < 1.29 is 14.6 Å². The van der Waals surface area contributed by atoms with E-state index in [1.54, 1.807) is 11.3 Å². The summed E-state index contributed by atoms with van der Waals surface area (Å²) < 4.78 is 12.0. The van der Waals surface area contributed by atoms with Gasteiger partial charge in [-0.25, -0.2) is 0 Å². The molecule has 146 valence electrons. The fourth-order valence-corrected chi connectivity index (χ4v) is 4.29. The Hall–Kier alpha value is -2.34. The minimum Gasteiger partial charge on any atom is -0.491 e. The van der Waals surface area contributed by atoms with Gasteiger partial charge >= 0.3 is 0 Å². The van der Waals surface area contributed by atoms with E-state index < -0.39 is 0 Å². The van der Waals surface area contributed by atoms with Gasteiger partial charge in [-0.3, -0.25) is 4.90 Å². The van der Waals surface area contributed by atoms with Crippen LogP contribution in [0.15, 0.2) is 59.3 Å². The van der Waals surface area contributed by atoms with Gasteiger partial charge in [0.25, 0.3) is 0 Å². The maximum Gasteiger partial charge on any atom is 0.137 e. The molecule has 0 saturated heterocycles. The Bertz CT molecular complexity index is 910. The van der Waals surface area contributed by atoms with Crippen LogP contribution >= 0.6 is 11.3 Å². The predicted molar refractivity (Wildman–Crippen MR) is 112 cm³/mol. The van der Waals surface area contributed by atoms with Crippen LogP contribution in [-0.4, -0.2) is 29.8 Å². The lowest BCUT2D eigenvalue weighted by Crippen LogP contribution is -2.27. The number of aliphatic hydroxyl groups excluding tert-OH is 1. The molecule has 0 radical (unpaired) electrons. The molecule has 28 heavy (non-hydrogen) atoms. The largest absolute Gasteiger partial charge is 0.491 e. The highest BCUT2D eigenvalue weighted by Gasteiger charge is 2.25. The van der Waals surface area contributed by atoms with Crippen LogP contribution in [0.25, 0.3) is 0 Å². The third-order valence-electron chi connectivity index (χ3n) is 4.88. The molecule has 4 nitrogen and oxygen atoms in total. The van der Waals surface area contributed by atoms with E-state index in [0.717, 1.165) is 31.1 Å². The highest BCUT2D eigenvalue weighted by atomic mass is 32.1. The van der Waals surface area contributed by atoms with Gasteiger partial charge in [-0.1, -0.05) is 29.8 Å². The first-order valence-corrected chi connectivity index (χ1v) is 10.5. The second-order valence-electron chi connectivity index (χ2n) is 7.16. The van der Waals surface area contributed by atoms with Crippen molar-refractivity contribution in [2.24, 2.45) is 0 Å². The molecule has 1 aliphatic rings. The summed E-state index contributed by atoms with van der Waals surface area (Å²) in [5, 5.41) is 13.3. The van der Waals surface area contributed by atoms with Gasteiger partial charge in [0.15, 0.2) is 0 Å². The van der Waals surface area contributed by atoms with E-state index >= 15 is 0 Å². The maximum atomic E-state index is 8.98. The molecule has 2 heterocycles. The summed E-state index contributed by atoms with van der Waals surface area (Å²) in [4.78, 5) is 2.43. The monoisotopic (exact) mass is 395 g/mol. The topological polar surface area (TPSA) is 41.9 Å². The average molecular weight is 396 g/mol. The van der Waals surface area contributed by atoms with Crippen LogP contribution in [0.2, 0.25) is 0 Å². The molecule has 1 aliphatic heterocycles. The van der Waals surface area contributed by atoms with E-state index in [-0.39, 0.29) is 12.7 Å². The highest BCUT2D eigenvalue weighted by molar-refractivity contribution is 7.07. The number of nitrogens with zero attached hydrogens (tertiary/aromatic N) is 1. The Kier molecular flexibility index (Phi) is 5.95. The van der Waals surface area contributed by atoms with E-state index in [1.165, 1.54) is 22.3 Å². The van der Waals surface area contributed by atoms with Crippen molar-refractivity contribution in [2.45, 2.75) is 26.1 Å². The maximum absolute atomic E-state index is 8.98. The van der Waals surface area contributed by atoms with E-state index in [1.807, 2.05) is 12.1 Å². The Morgan fingerprint density at radius 2 is 2.14 bits per heavy atom. The van der Waals surface area contributed by atoms with Crippen LogP contribution in [0, 0.1) is 6.92 Å². The number of ether oxygens (including phenoxy) is 2. The Balaban J connectivity index is 1.58. The molecule has 5 heteroatoms. The normalized spacial score (nSPS) is 16.9. The van der Waals surface area contributed by atoms with Crippen molar-refractivity contribution >= 4 is 11.3 Å². The van der Waals surface area contributed by atoms with Crippen molar-refractivity contribution in [3.63, 3.8) is 0 Å². The minimum absolute atomic E-state index is 0.0176. The summed E-state index contributed by atoms with van der Waals surface area (Å²) in [6.07, 6.45) is 0.0176. The van der Waals surface area contributed by atoms with E-state index in [2.05, 4.69) is 59.0 Å². The number of rotatable bonds is 6. The first-order chi connectivity index (χ1) is 13.7. The Labute approximate surface area is 170 Å². The number of hydrogen-bond donors (Lipinski definition) is 1. The molecule has 0 bridgehead atoms. The molecule has 1 aromatic heterocycles. The molecule has 2 aromatic carbocycles. The smallest absolute Gasteiger partial charge is 0.137 e. The molecular weight excluding hydrogens is 370 g/mol. The van der Waals surface area contributed by atoms with Gasteiger partial charge in [0.05, 0.1) is 6.61 Å². The van der Waals surface area contributed by atoms with Gasteiger partial charge in [-0.05, 0) is 47.5 Å². The summed E-state index contributed by atoms with van der Waals surface area (Å²) in [6, 6.07) is 16.7. The van der Waals surface area contributed by atoms with E-state index in [9.17, 15) is 0 Å². The minimum atomic E-state index is 0.0176. The van der Waals surface area contributed by atoms with Crippen LogP contribution in [0.4, 0.5) is 0 Å². The Morgan fingerprint density at radius 1 is 1.21 bits per heavy atom. The second kappa shape index (κ2) is 8.78. The molecule has 0 saturated carbocycles. The number of thiophene rings is 1. The highest BCUT2D eigenvalue weighted by Crippen LogP contribution is 2.33. The molecule has 0 fully saturated rings. The van der Waals surface area contributed by atoms with Crippen molar-refractivity contribution in [1.29, 1.82) is 0 Å². The summed E-state index contributed by atoms with van der Waals surface area (Å²) in [5.74, 6) is 1.77. The van der Waals surface area contributed by atoms with E-state index in [4.69, 9.17) is 14.6 Å². The lowest BCUT2D eigenvalue weighted by molar-refractivity contribution is 0.144. The quantitative estimate of drug-likeness (QED) is 0.664. The van der Waals surface area contributed by atoms with Gasteiger partial charge < -0.3 is 14.6 Å². The number of aliphatic hydroxyl groups is 1. The molecule has 1 unspecified atom stereocenters. The van der Waals surface area contributed by atoms with Crippen LogP contribution in [0.1, 0.15) is 28.4 Å². The summed E-state index contributed by atoms with van der Waals surface area (Å²) in [6.45, 7) is 4.94. The summed E-state index contributed by atoms with van der Waals surface area (Å²) >= 11 is 1.70. The Morgan fingerprint density at radius 3 is 2.96 bits per heavy atom. The molecule has 0 amide bonds. The first kappa shape index (κ1) is 19.0. The third kappa shape index (κ3) is 4.55. The summed E-state index contributed by atoms with van der Waals surface area (Å²) in [5.41, 5.74) is 4.89. The third-order valence-corrected chi connectivity index (χ3v) is 5.58. The zero-order valence-corrected chi connectivity index (χ0v) is 16.8. The van der Waals surface area contributed by atoms with Crippen LogP contribution < -0.4 is 9.47 Å². The van der Waals surface area contributed by atoms with Crippen LogP contribution in [-0.2, 0) is 13.1 Å². The van der Waals surface area contributed by atoms with E-state index in [0.29, 0.717) is 6.61 Å². The van der Waals surface area contributed by atoms with Gasteiger partial charge in [0.2, 0.25) is 0 Å². The zero-order valence-electron chi connectivity index (χ0n) is 16.0. The fourth-order valence-electron chi connectivity index (χ4n) is 3.58. The molecule has 0 spiro atoms. The lowest BCUT2D eigenvalue weighted by atomic mass is 10.1. The standard InChI is InChI=1S/C23H25NO3S/c1-17-5-6-22-20(11-17)14-24(15-23(27-22)19-7-10-28-16-19)13-18-3-2-4-21(12-18)26-9-8-25/h2-7,10-12,16,23,25H,8-9,13-15H2,1H3. The van der Waals surface area contributed by atoms with Crippen LogP contribution in [0.3, 0.4) is 0 Å². The van der Waals surface area contributed by atoms with Gasteiger partial charge in [-0.2, -0.15) is 11.3 Å². The number of benzene rings is 2. The van der Waals surface area contributed by atoms with Crippen molar-refractivity contribution in [1.82, 2.24) is 4.90 Å². The van der Waals surface area contributed by atoms with Gasteiger partial charge in [0.1, 0.15) is 24.2 Å². The average Bonchev–Trinajstić information content (AvgIpc) is 3.17. The van der Waals surface area contributed by atoms with Crippen molar-refractivity contribution in [3.8, 4) is 11.5 Å². The molecule has 3 aromatic rings. The fraction of sp³-hybridized carbons (Fsp3) is 0.304. The molecule has 1 N–H and O–H groups in total. The lowest BCUT2D eigenvalue weighted by Gasteiger charge is -2.24. The van der Waals surface area contributed by atoms with Crippen LogP contribution in [0.5, 0.6) is 11.5 Å². The molecule has 4 rings (SSSR count). The molecular formula is C23H25NO3S. The SMILES string of the molecule is Cc1ccc2c(c1)CN(Cc1cccc(OCCO)c1)CC(c1ccsc1)O2. The van der Waals surface area contributed by atoms with Crippen molar-refractivity contribution in [2.75, 3.05) is 19.8 Å². The summed E-state index contributed by atoms with van der Waals surface area (Å²) in [7, 11) is 0. The number of aryl methyl sites for hydroxylation is 1. The molecule has 0 aliphatic carbocycles. The number of fused-ring (bicyclic) bond motifs is 1. The van der Waals surface area contributed by atoms with Gasteiger partial charge in [0, 0.05) is 30.8 Å². The molecule has 1 atom stereocenters.